The van der Waals surface area contributed by atoms with Crippen LogP contribution in [0.15, 0.2) is 140 Å². The average Bonchev–Trinajstić information content (AvgIpc) is 3.76. The van der Waals surface area contributed by atoms with Crippen molar-refractivity contribution < 1.29 is 4.74 Å². The molecule has 12 rings (SSSR count). The Bertz CT molecular complexity index is 2550. The summed E-state index contributed by atoms with van der Waals surface area (Å²) in [6.07, 6.45) is 7.94. The molecule has 1 heterocycles. The summed E-state index contributed by atoms with van der Waals surface area (Å²) in [5, 5.41) is 0. The van der Waals surface area contributed by atoms with Gasteiger partial charge in [0.25, 0.3) is 0 Å². The molecular weight excluding hydrogens is 679 g/mol. The highest BCUT2D eigenvalue weighted by atomic mass is 16.5. The Kier molecular flexibility index (Phi) is 6.67. The summed E-state index contributed by atoms with van der Waals surface area (Å²) in [4.78, 5) is 2.60. The second-order valence-electron chi connectivity index (χ2n) is 19.6. The van der Waals surface area contributed by atoms with Crippen LogP contribution in [0.2, 0.25) is 0 Å². The van der Waals surface area contributed by atoms with Crippen molar-refractivity contribution in [3.05, 3.63) is 162 Å². The van der Waals surface area contributed by atoms with Gasteiger partial charge in [-0.1, -0.05) is 125 Å². The Morgan fingerprint density at radius 2 is 1.21 bits per heavy atom. The van der Waals surface area contributed by atoms with Crippen molar-refractivity contribution in [3.8, 4) is 33.8 Å². The van der Waals surface area contributed by atoms with Gasteiger partial charge in [0.05, 0.1) is 5.69 Å². The van der Waals surface area contributed by atoms with E-state index in [2.05, 4.69) is 172 Å². The molecule has 0 N–H and O–H groups in total. The lowest BCUT2D eigenvalue weighted by Crippen LogP contribution is -2.74. The molecule has 4 saturated carbocycles. The number of fused-ring (bicyclic) bond motifs is 8. The average molecular weight is 730 g/mol. The fourth-order valence-corrected chi connectivity index (χ4v) is 13.9. The van der Waals surface area contributed by atoms with Gasteiger partial charge in [0.1, 0.15) is 11.5 Å². The van der Waals surface area contributed by atoms with Gasteiger partial charge in [-0.25, -0.2) is 0 Å². The van der Waals surface area contributed by atoms with Crippen LogP contribution in [-0.2, 0) is 16.2 Å². The van der Waals surface area contributed by atoms with Crippen LogP contribution in [0, 0.1) is 29.1 Å². The molecule has 2 heteroatoms. The summed E-state index contributed by atoms with van der Waals surface area (Å²) in [5.41, 5.74) is 15.3. The van der Waals surface area contributed by atoms with Crippen molar-refractivity contribution in [2.75, 3.05) is 4.90 Å². The zero-order chi connectivity index (χ0) is 37.6. The van der Waals surface area contributed by atoms with E-state index < -0.39 is 0 Å². The van der Waals surface area contributed by atoms with Crippen LogP contribution in [-0.4, -0.2) is 0 Å². The minimum Gasteiger partial charge on any atom is -0.457 e. The lowest BCUT2D eigenvalue weighted by Gasteiger charge is -2.77. The van der Waals surface area contributed by atoms with Gasteiger partial charge < -0.3 is 9.64 Å². The van der Waals surface area contributed by atoms with Crippen molar-refractivity contribution in [1.29, 1.82) is 0 Å². The summed E-state index contributed by atoms with van der Waals surface area (Å²) < 4.78 is 7.11. The Morgan fingerprint density at radius 1 is 0.536 bits per heavy atom. The molecular formula is C54H51NO. The van der Waals surface area contributed by atoms with Gasteiger partial charge >= 0.3 is 0 Å². The van der Waals surface area contributed by atoms with Crippen LogP contribution in [0.5, 0.6) is 11.5 Å². The van der Waals surface area contributed by atoms with E-state index in [4.69, 9.17) is 4.74 Å². The number of rotatable bonds is 5. The van der Waals surface area contributed by atoms with Crippen LogP contribution in [0.25, 0.3) is 22.3 Å². The first-order chi connectivity index (χ1) is 27.2. The van der Waals surface area contributed by atoms with Crippen LogP contribution in [0.1, 0.15) is 88.5 Å². The molecule has 6 unspecified atom stereocenters. The van der Waals surface area contributed by atoms with E-state index in [0.29, 0.717) is 17.3 Å². The lowest BCUT2D eigenvalue weighted by molar-refractivity contribution is -0.234. The third-order valence-corrected chi connectivity index (χ3v) is 16.2. The zero-order valence-corrected chi connectivity index (χ0v) is 33.2. The maximum Gasteiger partial charge on any atom is 0.132 e. The highest BCUT2D eigenvalue weighted by Gasteiger charge is 2.84. The maximum atomic E-state index is 7.11. The molecule has 6 aromatic carbocycles. The summed E-state index contributed by atoms with van der Waals surface area (Å²) in [5.74, 6) is 5.22. The Balaban J connectivity index is 1.09. The SMILES string of the molecule is CC1(C)CCC(C)(C)c2c(N(c3ccc(-c4ccccc4)cc3)c3ccc4c(c3)C3(c5c(cccc5-c5ccccc5)O4)C4CC5CC6CC3C64C5)cccc21. The molecule has 2 spiro atoms. The van der Waals surface area contributed by atoms with E-state index >= 15 is 0 Å². The summed E-state index contributed by atoms with van der Waals surface area (Å²) in [6.45, 7) is 9.82. The smallest absolute Gasteiger partial charge is 0.132 e. The summed E-state index contributed by atoms with van der Waals surface area (Å²) >= 11 is 0. The van der Waals surface area contributed by atoms with Crippen LogP contribution < -0.4 is 9.64 Å². The van der Waals surface area contributed by atoms with E-state index in [-0.39, 0.29) is 16.2 Å². The van der Waals surface area contributed by atoms with E-state index in [1.807, 2.05) is 0 Å². The molecule has 6 aromatic rings. The van der Waals surface area contributed by atoms with Crippen molar-refractivity contribution in [1.82, 2.24) is 0 Å². The fraction of sp³-hybridized carbons (Fsp3) is 0.333. The molecule has 0 radical (unpaired) electrons. The van der Waals surface area contributed by atoms with E-state index in [9.17, 15) is 0 Å². The highest BCUT2D eigenvalue weighted by Crippen LogP contribution is 2.89. The molecule has 0 amide bonds. The normalized spacial score (nSPS) is 28.9. The first kappa shape index (κ1) is 33.1. The minimum atomic E-state index is -0.0583. The molecule has 6 atom stereocenters. The molecule has 278 valence electrons. The molecule has 6 aliphatic rings. The van der Waals surface area contributed by atoms with Crippen LogP contribution in [0.4, 0.5) is 17.1 Å². The van der Waals surface area contributed by atoms with E-state index in [1.54, 1.807) is 0 Å². The maximum absolute atomic E-state index is 7.11. The number of ether oxygens (including phenoxy) is 1. The monoisotopic (exact) mass is 729 g/mol. The Labute approximate surface area is 332 Å². The van der Waals surface area contributed by atoms with Crippen molar-refractivity contribution in [3.63, 3.8) is 0 Å². The summed E-state index contributed by atoms with van der Waals surface area (Å²) in [6, 6.07) is 52.5. The first-order valence-corrected chi connectivity index (χ1v) is 21.3. The van der Waals surface area contributed by atoms with Gasteiger partial charge in [-0.3, -0.25) is 0 Å². The van der Waals surface area contributed by atoms with Gasteiger partial charge in [-0.15, -0.1) is 0 Å². The number of hydrogen-bond acceptors (Lipinski definition) is 2. The second kappa shape index (κ2) is 11.3. The third kappa shape index (κ3) is 4.18. The quantitative estimate of drug-likeness (QED) is 0.175. The van der Waals surface area contributed by atoms with Crippen LogP contribution in [0.3, 0.4) is 0 Å². The van der Waals surface area contributed by atoms with Gasteiger partial charge in [-0.2, -0.15) is 0 Å². The summed E-state index contributed by atoms with van der Waals surface area (Å²) in [7, 11) is 0. The molecule has 0 saturated heterocycles. The van der Waals surface area contributed by atoms with Gasteiger partial charge in [0.15, 0.2) is 0 Å². The molecule has 1 aliphatic heterocycles. The number of anilines is 3. The van der Waals surface area contributed by atoms with E-state index in [1.165, 1.54) is 100 Å². The van der Waals surface area contributed by atoms with Gasteiger partial charge in [0, 0.05) is 27.9 Å². The predicted octanol–water partition coefficient (Wildman–Crippen LogP) is 14.3. The van der Waals surface area contributed by atoms with Crippen molar-refractivity contribution in [2.24, 2.45) is 29.1 Å². The van der Waals surface area contributed by atoms with Crippen molar-refractivity contribution in [2.45, 2.75) is 82.5 Å². The molecule has 4 fully saturated rings. The van der Waals surface area contributed by atoms with Crippen molar-refractivity contribution >= 4 is 17.1 Å². The predicted molar refractivity (Wildman–Crippen MR) is 229 cm³/mol. The molecule has 2 bridgehead atoms. The minimum absolute atomic E-state index is 0.0378. The van der Waals surface area contributed by atoms with Crippen LogP contribution >= 0.6 is 0 Å². The zero-order valence-electron chi connectivity index (χ0n) is 33.2. The Hall–Kier alpha value is -5.08. The Morgan fingerprint density at radius 3 is 1.98 bits per heavy atom. The number of hydrogen-bond donors (Lipinski definition) is 0. The molecule has 56 heavy (non-hydrogen) atoms. The second-order valence-corrected chi connectivity index (χ2v) is 19.6. The topological polar surface area (TPSA) is 12.5 Å². The largest absolute Gasteiger partial charge is 0.457 e. The fourth-order valence-electron chi connectivity index (χ4n) is 13.9. The highest BCUT2D eigenvalue weighted by molar-refractivity contribution is 5.84. The molecule has 5 aliphatic carbocycles. The number of benzene rings is 6. The third-order valence-electron chi connectivity index (χ3n) is 16.2. The lowest BCUT2D eigenvalue weighted by atomic mass is 9.26. The van der Waals surface area contributed by atoms with E-state index in [0.717, 1.165) is 23.3 Å². The van der Waals surface area contributed by atoms with Gasteiger partial charge in [-0.05, 0) is 154 Å². The molecule has 0 aromatic heterocycles. The number of nitrogens with zero attached hydrogens (tertiary/aromatic N) is 1. The molecule has 2 nitrogen and oxygen atoms in total. The first-order valence-electron chi connectivity index (χ1n) is 21.3. The van der Waals surface area contributed by atoms with Gasteiger partial charge in [0.2, 0.25) is 0 Å². The standard InChI is InChI=1S/C54H51NO/c1-51(2)27-28-52(3,4)50-42(51)18-12-19-44(50)55(39-23-21-36(22-24-39)35-13-7-5-8-14-35)40-25-26-45-43(32-40)54(47-30-34-29-38-31-48(54)53(38,47)33-34)49-41(17-11-20-46(49)56-45)37-15-9-6-10-16-37/h5-26,32,34,38,47-48H,27-31,33H2,1-4H3.